The van der Waals surface area contributed by atoms with E-state index < -0.39 is 17.9 Å². The van der Waals surface area contributed by atoms with Crippen LogP contribution in [-0.4, -0.2) is 49.8 Å². The van der Waals surface area contributed by atoms with Gasteiger partial charge in [0.25, 0.3) is 5.91 Å². The Morgan fingerprint density at radius 1 is 1.25 bits per heavy atom. The average Bonchev–Trinajstić information content (AvgIpc) is 3.45. The minimum Gasteiger partial charge on any atom is -0.390 e. The highest BCUT2D eigenvalue weighted by Crippen LogP contribution is 2.28. The number of aliphatic hydroxyl groups is 1. The fraction of sp³-hybridized carbons (Fsp3) is 0.462. The largest absolute Gasteiger partial charge is 0.436 e. The molecule has 1 aromatic carbocycles. The number of nitrogens with one attached hydrogen (secondary N) is 1. The summed E-state index contributed by atoms with van der Waals surface area (Å²) in [6.45, 7) is 3.91. The first-order chi connectivity index (χ1) is 17.1. The van der Waals surface area contributed by atoms with Gasteiger partial charge in [-0.05, 0) is 48.9 Å². The number of aromatic nitrogens is 3. The number of aryl methyl sites for hydroxylation is 1. The van der Waals surface area contributed by atoms with Crippen LogP contribution in [0, 0.1) is 5.92 Å². The van der Waals surface area contributed by atoms with E-state index in [2.05, 4.69) is 15.4 Å². The highest BCUT2D eigenvalue weighted by atomic mass is 35.5. The summed E-state index contributed by atoms with van der Waals surface area (Å²) < 4.78 is 6.40. The van der Waals surface area contributed by atoms with Crippen LogP contribution in [0.5, 0.6) is 0 Å². The smallest absolute Gasteiger partial charge is 0.390 e. The topological polar surface area (TPSA) is 113 Å². The molecule has 1 aliphatic heterocycles. The Morgan fingerprint density at radius 2 is 1.97 bits per heavy atom. The molecule has 36 heavy (non-hydrogen) atoms. The Labute approximate surface area is 215 Å². The zero-order valence-corrected chi connectivity index (χ0v) is 21.6. The fourth-order valence-electron chi connectivity index (χ4n) is 4.83. The SMILES string of the molecule is CC(C)C(c1nn(C)c(=O)o1)N(C)C(=O)c1ccc(C[C@@H]2CC[C@H]([C@H](O)c3ccc(Cl)nc3)N2)cc1. The minimum atomic E-state index is -0.646. The number of halogens is 1. The number of nitrogens with zero attached hydrogens (tertiary/aromatic N) is 4. The van der Waals surface area contributed by atoms with Crippen molar-refractivity contribution in [1.82, 2.24) is 25.0 Å². The van der Waals surface area contributed by atoms with Crippen molar-refractivity contribution in [2.24, 2.45) is 13.0 Å². The van der Waals surface area contributed by atoms with E-state index >= 15 is 0 Å². The summed E-state index contributed by atoms with van der Waals surface area (Å²) in [5, 5.41) is 18.8. The van der Waals surface area contributed by atoms with Gasteiger partial charge in [-0.25, -0.2) is 9.78 Å². The van der Waals surface area contributed by atoms with E-state index in [4.69, 9.17) is 16.0 Å². The molecular weight excluding hydrogens is 482 g/mol. The van der Waals surface area contributed by atoms with E-state index in [1.807, 2.05) is 38.1 Å². The van der Waals surface area contributed by atoms with E-state index in [1.54, 1.807) is 30.3 Å². The summed E-state index contributed by atoms with van der Waals surface area (Å²) in [5.41, 5.74) is 2.40. The number of amides is 1. The van der Waals surface area contributed by atoms with Crippen LogP contribution in [0.25, 0.3) is 0 Å². The van der Waals surface area contributed by atoms with Gasteiger partial charge in [0.1, 0.15) is 11.2 Å². The highest BCUT2D eigenvalue weighted by Gasteiger charge is 2.32. The van der Waals surface area contributed by atoms with Crippen molar-refractivity contribution in [3.05, 3.63) is 80.9 Å². The second-order valence-electron chi connectivity index (χ2n) is 9.74. The maximum Gasteiger partial charge on any atom is 0.436 e. The molecule has 0 radical (unpaired) electrons. The van der Waals surface area contributed by atoms with Crippen molar-refractivity contribution >= 4 is 17.5 Å². The van der Waals surface area contributed by atoms with Crippen LogP contribution >= 0.6 is 11.6 Å². The summed E-state index contributed by atoms with van der Waals surface area (Å²) in [6.07, 6.45) is 3.56. The molecule has 192 valence electrons. The van der Waals surface area contributed by atoms with Gasteiger partial charge in [-0.1, -0.05) is 43.6 Å². The molecule has 2 aromatic heterocycles. The number of aliphatic hydroxyl groups excluding tert-OH is 1. The first kappa shape index (κ1) is 26.1. The molecule has 0 saturated carbocycles. The molecule has 0 spiro atoms. The van der Waals surface area contributed by atoms with E-state index in [-0.39, 0.29) is 29.8 Å². The number of pyridine rings is 1. The van der Waals surface area contributed by atoms with Crippen molar-refractivity contribution in [3.8, 4) is 0 Å². The van der Waals surface area contributed by atoms with Gasteiger partial charge in [0.05, 0.1) is 6.10 Å². The summed E-state index contributed by atoms with van der Waals surface area (Å²) >= 11 is 5.85. The molecule has 0 aliphatic carbocycles. The first-order valence-electron chi connectivity index (χ1n) is 12.1. The molecule has 1 saturated heterocycles. The Hall–Kier alpha value is -3.01. The predicted octanol–water partition coefficient (Wildman–Crippen LogP) is 3.29. The van der Waals surface area contributed by atoms with Gasteiger partial charge < -0.3 is 19.7 Å². The molecule has 3 aromatic rings. The van der Waals surface area contributed by atoms with Crippen molar-refractivity contribution in [1.29, 1.82) is 0 Å². The maximum absolute atomic E-state index is 13.2. The average molecular weight is 514 g/mol. The molecular formula is C26H32ClN5O4. The third-order valence-corrected chi connectivity index (χ3v) is 6.98. The Balaban J connectivity index is 1.38. The van der Waals surface area contributed by atoms with E-state index in [9.17, 15) is 14.7 Å². The van der Waals surface area contributed by atoms with Crippen LogP contribution in [0.1, 0.15) is 66.2 Å². The standard InChI is InChI=1S/C26H32ClN5O4/c1-15(2)22(24-30-32(4)26(35)36-24)31(3)25(34)17-7-5-16(6-8-17)13-19-10-11-20(29-19)23(33)18-9-12-21(27)28-14-18/h5-9,12,14-15,19-20,22-23,29,33H,10-11,13H2,1-4H3/t19-,20+,22?,23+/m0/s1. The van der Waals surface area contributed by atoms with Gasteiger partial charge in [0.2, 0.25) is 5.89 Å². The summed E-state index contributed by atoms with van der Waals surface area (Å²) in [5.74, 6) is -0.506. The summed E-state index contributed by atoms with van der Waals surface area (Å²) in [4.78, 5) is 30.6. The molecule has 0 bridgehead atoms. The lowest BCUT2D eigenvalue weighted by atomic mass is 10.00. The monoisotopic (exact) mass is 513 g/mol. The molecule has 4 atom stereocenters. The zero-order chi connectivity index (χ0) is 26.0. The van der Waals surface area contributed by atoms with Gasteiger partial charge in [-0.3, -0.25) is 4.79 Å². The van der Waals surface area contributed by atoms with Gasteiger partial charge in [0, 0.05) is 43.5 Å². The predicted molar refractivity (Wildman–Crippen MR) is 136 cm³/mol. The molecule has 2 N–H and O–H groups in total. The van der Waals surface area contributed by atoms with Crippen LogP contribution in [0.15, 0.2) is 51.8 Å². The molecule has 4 rings (SSSR count). The van der Waals surface area contributed by atoms with Crippen molar-refractivity contribution in [2.75, 3.05) is 7.05 Å². The molecule has 1 unspecified atom stereocenters. The van der Waals surface area contributed by atoms with Crippen LogP contribution < -0.4 is 11.1 Å². The van der Waals surface area contributed by atoms with Crippen LogP contribution in [0.4, 0.5) is 0 Å². The number of benzene rings is 1. The lowest BCUT2D eigenvalue weighted by molar-refractivity contribution is 0.0650. The number of hydrogen-bond acceptors (Lipinski definition) is 7. The molecule has 1 amide bonds. The minimum absolute atomic E-state index is 0.00309. The molecule has 1 fully saturated rings. The number of carbonyl (C=O) groups is 1. The Morgan fingerprint density at radius 3 is 2.56 bits per heavy atom. The van der Waals surface area contributed by atoms with Crippen molar-refractivity contribution in [2.45, 2.75) is 57.3 Å². The number of rotatable bonds is 8. The Kier molecular flexibility index (Phi) is 7.92. The number of hydrogen-bond donors (Lipinski definition) is 2. The van der Waals surface area contributed by atoms with E-state index in [0.717, 1.165) is 35.1 Å². The lowest BCUT2D eigenvalue weighted by Gasteiger charge is -2.28. The Bertz CT molecular complexity index is 1240. The van der Waals surface area contributed by atoms with Gasteiger partial charge >= 0.3 is 5.76 Å². The van der Waals surface area contributed by atoms with Crippen molar-refractivity contribution in [3.63, 3.8) is 0 Å². The normalized spacial score (nSPS) is 19.4. The van der Waals surface area contributed by atoms with E-state index in [0.29, 0.717) is 10.7 Å². The van der Waals surface area contributed by atoms with Gasteiger partial charge in [-0.15, -0.1) is 5.10 Å². The van der Waals surface area contributed by atoms with Gasteiger partial charge in [0.15, 0.2) is 0 Å². The first-order valence-corrected chi connectivity index (χ1v) is 12.5. The second kappa shape index (κ2) is 10.9. The molecule has 10 heteroatoms. The molecule has 1 aliphatic rings. The van der Waals surface area contributed by atoms with E-state index in [1.165, 1.54) is 7.05 Å². The quantitative estimate of drug-likeness (QED) is 0.444. The number of carbonyl (C=O) groups excluding carboxylic acids is 1. The highest BCUT2D eigenvalue weighted by molar-refractivity contribution is 6.29. The van der Waals surface area contributed by atoms with Gasteiger partial charge in [-0.2, -0.15) is 4.68 Å². The van der Waals surface area contributed by atoms with Crippen LogP contribution in [0.3, 0.4) is 0 Å². The summed E-state index contributed by atoms with van der Waals surface area (Å²) in [6, 6.07) is 10.8. The van der Waals surface area contributed by atoms with Crippen LogP contribution in [0.2, 0.25) is 5.15 Å². The van der Waals surface area contributed by atoms with Crippen LogP contribution in [-0.2, 0) is 13.5 Å². The molecule has 3 heterocycles. The molecule has 9 nitrogen and oxygen atoms in total. The van der Waals surface area contributed by atoms with Crippen molar-refractivity contribution < 1.29 is 14.3 Å². The third kappa shape index (κ3) is 5.69. The zero-order valence-electron chi connectivity index (χ0n) is 20.9. The second-order valence-corrected chi connectivity index (χ2v) is 10.1. The lowest BCUT2D eigenvalue weighted by Crippen LogP contribution is -2.35. The maximum atomic E-state index is 13.2. The third-order valence-electron chi connectivity index (χ3n) is 6.76. The fourth-order valence-corrected chi connectivity index (χ4v) is 4.95. The summed E-state index contributed by atoms with van der Waals surface area (Å²) in [7, 11) is 3.21.